The van der Waals surface area contributed by atoms with Gasteiger partial charge in [0.1, 0.15) is 12.4 Å². The summed E-state index contributed by atoms with van der Waals surface area (Å²) >= 11 is 0. The van der Waals surface area contributed by atoms with Gasteiger partial charge in [-0.2, -0.15) is 0 Å². The molecule has 128 valence electrons. The molecular formula is C20H25NO3. The number of likely N-dealkylation sites (N-methyl/N-ethyl adjacent to an activating group) is 1. The van der Waals surface area contributed by atoms with Gasteiger partial charge in [0.15, 0.2) is 0 Å². The number of benzene rings is 2. The van der Waals surface area contributed by atoms with Crippen LogP contribution in [0.3, 0.4) is 0 Å². The van der Waals surface area contributed by atoms with Crippen LogP contribution in [0.25, 0.3) is 0 Å². The average molecular weight is 327 g/mol. The highest BCUT2D eigenvalue weighted by Crippen LogP contribution is 2.18. The van der Waals surface area contributed by atoms with Gasteiger partial charge < -0.3 is 14.4 Å². The fourth-order valence-electron chi connectivity index (χ4n) is 2.56. The summed E-state index contributed by atoms with van der Waals surface area (Å²) in [5, 5.41) is 0. The van der Waals surface area contributed by atoms with E-state index in [4.69, 9.17) is 9.47 Å². The van der Waals surface area contributed by atoms with E-state index in [1.54, 1.807) is 0 Å². The Morgan fingerprint density at radius 2 is 1.83 bits per heavy atom. The van der Waals surface area contributed by atoms with Crippen LogP contribution >= 0.6 is 0 Å². The Balaban J connectivity index is 1.84. The molecular weight excluding hydrogens is 302 g/mol. The van der Waals surface area contributed by atoms with E-state index in [0.29, 0.717) is 12.3 Å². The Morgan fingerprint density at radius 3 is 2.50 bits per heavy atom. The first-order valence-corrected chi connectivity index (χ1v) is 8.37. The first-order chi connectivity index (χ1) is 11.6. The molecule has 2 rings (SSSR count). The smallest absolute Gasteiger partial charge is 0.432 e. The highest BCUT2D eigenvalue weighted by Gasteiger charge is 2.09. The van der Waals surface area contributed by atoms with Crippen LogP contribution in [0.1, 0.15) is 25.0 Å². The molecule has 0 saturated heterocycles. The quantitative estimate of drug-likeness (QED) is 0.550. The first kappa shape index (κ1) is 17.9. The van der Waals surface area contributed by atoms with Crippen molar-refractivity contribution in [2.45, 2.75) is 27.2 Å². The van der Waals surface area contributed by atoms with E-state index < -0.39 is 6.16 Å². The van der Waals surface area contributed by atoms with Gasteiger partial charge in [0.25, 0.3) is 0 Å². The molecule has 4 nitrogen and oxygen atoms in total. The third-order valence-electron chi connectivity index (χ3n) is 3.80. The molecule has 0 amide bonds. The first-order valence-electron chi connectivity index (χ1n) is 8.37. The minimum atomic E-state index is -0.660. The molecule has 0 aliphatic carbocycles. The number of hydrogen-bond acceptors (Lipinski definition) is 4. The van der Waals surface area contributed by atoms with Crippen molar-refractivity contribution in [3.8, 4) is 5.75 Å². The third kappa shape index (κ3) is 5.30. The standard InChI is InChI=1S/C20H25NO3/c1-4-17-13-16(3)14-19(15-17)24-20(22)23-12-11-21(5-2)18-9-7-6-8-10-18/h6-10,13-15H,4-5,11-12H2,1-3H3. The molecule has 0 aliphatic rings. The van der Waals surface area contributed by atoms with Crippen molar-refractivity contribution in [3.05, 3.63) is 59.7 Å². The van der Waals surface area contributed by atoms with E-state index in [9.17, 15) is 4.79 Å². The molecule has 0 saturated carbocycles. The summed E-state index contributed by atoms with van der Waals surface area (Å²) in [4.78, 5) is 14.0. The van der Waals surface area contributed by atoms with Crippen LogP contribution < -0.4 is 9.64 Å². The number of hydrogen-bond donors (Lipinski definition) is 0. The summed E-state index contributed by atoms with van der Waals surface area (Å²) in [5.74, 6) is 0.534. The molecule has 0 unspecified atom stereocenters. The van der Waals surface area contributed by atoms with E-state index in [2.05, 4.69) is 24.8 Å². The van der Waals surface area contributed by atoms with Crippen molar-refractivity contribution < 1.29 is 14.3 Å². The number of carbonyl (C=O) groups is 1. The van der Waals surface area contributed by atoms with Crippen LogP contribution in [0.15, 0.2) is 48.5 Å². The highest BCUT2D eigenvalue weighted by molar-refractivity contribution is 5.64. The topological polar surface area (TPSA) is 38.8 Å². The molecule has 4 heteroatoms. The minimum absolute atomic E-state index is 0.286. The summed E-state index contributed by atoms with van der Waals surface area (Å²) in [6.07, 6.45) is 0.238. The molecule has 0 radical (unpaired) electrons. The fraction of sp³-hybridized carbons (Fsp3) is 0.350. The van der Waals surface area contributed by atoms with Gasteiger partial charge in [-0.05, 0) is 55.7 Å². The predicted molar refractivity (Wildman–Crippen MR) is 96.9 cm³/mol. The molecule has 0 atom stereocenters. The van der Waals surface area contributed by atoms with Gasteiger partial charge in [-0.1, -0.05) is 31.2 Å². The zero-order valence-corrected chi connectivity index (χ0v) is 14.6. The third-order valence-corrected chi connectivity index (χ3v) is 3.80. The summed E-state index contributed by atoms with van der Waals surface area (Å²) in [6.45, 7) is 7.89. The second-order valence-electron chi connectivity index (χ2n) is 5.62. The van der Waals surface area contributed by atoms with Crippen LogP contribution in [-0.4, -0.2) is 25.9 Å². The molecule has 0 fully saturated rings. The summed E-state index contributed by atoms with van der Waals surface area (Å²) in [7, 11) is 0. The van der Waals surface area contributed by atoms with E-state index in [-0.39, 0.29) is 6.61 Å². The van der Waals surface area contributed by atoms with Crippen molar-refractivity contribution in [1.82, 2.24) is 0 Å². The summed E-state index contributed by atoms with van der Waals surface area (Å²) in [6, 6.07) is 15.8. The molecule has 0 bridgehead atoms. The lowest BCUT2D eigenvalue weighted by atomic mass is 10.1. The Hall–Kier alpha value is -2.49. The Labute approximate surface area is 144 Å². The minimum Gasteiger partial charge on any atom is -0.432 e. The van der Waals surface area contributed by atoms with E-state index in [0.717, 1.165) is 29.8 Å². The Bertz CT molecular complexity index is 655. The normalized spacial score (nSPS) is 10.3. The molecule has 0 aliphatic heterocycles. The molecule has 0 aromatic heterocycles. The number of para-hydroxylation sites is 1. The van der Waals surface area contributed by atoms with Gasteiger partial charge in [0, 0.05) is 12.2 Å². The fourth-order valence-corrected chi connectivity index (χ4v) is 2.56. The monoisotopic (exact) mass is 327 g/mol. The summed E-state index contributed by atoms with van der Waals surface area (Å²) < 4.78 is 10.5. The van der Waals surface area contributed by atoms with E-state index in [1.165, 1.54) is 0 Å². The van der Waals surface area contributed by atoms with Gasteiger partial charge in [0.2, 0.25) is 0 Å². The number of ether oxygens (including phenoxy) is 2. The Morgan fingerprint density at radius 1 is 1.08 bits per heavy atom. The van der Waals surface area contributed by atoms with Gasteiger partial charge in [-0.25, -0.2) is 4.79 Å². The molecule has 24 heavy (non-hydrogen) atoms. The van der Waals surface area contributed by atoms with Crippen LogP contribution in [0.4, 0.5) is 10.5 Å². The molecule has 2 aromatic rings. The zero-order valence-electron chi connectivity index (χ0n) is 14.6. The number of anilines is 1. The van der Waals surface area contributed by atoms with Crippen LogP contribution in [-0.2, 0) is 11.2 Å². The lowest BCUT2D eigenvalue weighted by Gasteiger charge is -2.22. The zero-order chi connectivity index (χ0) is 17.4. The number of carbonyl (C=O) groups excluding carboxylic acids is 1. The average Bonchev–Trinajstić information content (AvgIpc) is 2.59. The van der Waals surface area contributed by atoms with Crippen molar-refractivity contribution in [1.29, 1.82) is 0 Å². The maximum atomic E-state index is 11.9. The number of aryl methyl sites for hydroxylation is 2. The van der Waals surface area contributed by atoms with Gasteiger partial charge in [0.05, 0.1) is 6.54 Å². The molecule has 0 N–H and O–H groups in total. The van der Waals surface area contributed by atoms with Crippen molar-refractivity contribution in [2.75, 3.05) is 24.6 Å². The molecule has 0 spiro atoms. The molecule has 2 aromatic carbocycles. The van der Waals surface area contributed by atoms with Crippen LogP contribution in [0.2, 0.25) is 0 Å². The maximum Gasteiger partial charge on any atom is 0.513 e. The van der Waals surface area contributed by atoms with Crippen molar-refractivity contribution in [2.24, 2.45) is 0 Å². The van der Waals surface area contributed by atoms with Gasteiger partial charge in [-0.3, -0.25) is 0 Å². The summed E-state index contributed by atoms with van der Waals surface area (Å²) in [5.41, 5.74) is 3.32. The van der Waals surface area contributed by atoms with Crippen LogP contribution in [0.5, 0.6) is 5.75 Å². The van der Waals surface area contributed by atoms with E-state index in [1.807, 2.05) is 49.4 Å². The highest BCUT2D eigenvalue weighted by atomic mass is 16.7. The van der Waals surface area contributed by atoms with Crippen LogP contribution in [0, 0.1) is 6.92 Å². The largest absolute Gasteiger partial charge is 0.513 e. The second kappa shape index (κ2) is 8.96. The Kier molecular flexibility index (Phi) is 6.67. The van der Waals surface area contributed by atoms with Gasteiger partial charge in [-0.15, -0.1) is 0 Å². The number of nitrogens with zero attached hydrogens (tertiary/aromatic N) is 1. The van der Waals surface area contributed by atoms with E-state index >= 15 is 0 Å². The number of rotatable bonds is 7. The SMILES string of the molecule is CCc1cc(C)cc(OC(=O)OCCN(CC)c2ccccc2)c1. The molecule has 0 heterocycles. The predicted octanol–water partition coefficient (Wildman–Crippen LogP) is 4.60. The van der Waals surface area contributed by atoms with Crippen molar-refractivity contribution >= 4 is 11.8 Å². The van der Waals surface area contributed by atoms with Crippen molar-refractivity contribution in [3.63, 3.8) is 0 Å². The second-order valence-corrected chi connectivity index (χ2v) is 5.62. The maximum absolute atomic E-state index is 11.9. The lowest BCUT2D eigenvalue weighted by Crippen LogP contribution is -2.28. The van der Waals surface area contributed by atoms with Gasteiger partial charge >= 0.3 is 6.16 Å². The lowest BCUT2D eigenvalue weighted by molar-refractivity contribution is 0.101.